The van der Waals surface area contributed by atoms with Gasteiger partial charge in [-0.1, -0.05) is 49.2 Å². The first-order chi connectivity index (χ1) is 13.5. The molecule has 2 aromatic rings. The minimum atomic E-state index is -4.29. The third-order valence-corrected chi connectivity index (χ3v) is 6.19. The van der Waals surface area contributed by atoms with E-state index in [4.69, 9.17) is 0 Å². The molecule has 1 saturated carbocycles. The molecule has 4 rings (SSSR count). The van der Waals surface area contributed by atoms with Crippen LogP contribution in [0.1, 0.15) is 42.9 Å². The molecule has 1 saturated heterocycles. The highest BCUT2D eigenvalue weighted by molar-refractivity contribution is 5.64. The molecule has 150 valence electrons. The van der Waals surface area contributed by atoms with Crippen LogP contribution in [0.2, 0.25) is 0 Å². The van der Waals surface area contributed by atoms with E-state index in [2.05, 4.69) is 34.5 Å². The van der Waals surface area contributed by atoms with Crippen LogP contribution < -0.4 is 5.32 Å². The highest BCUT2D eigenvalue weighted by Gasteiger charge is 2.32. The smallest absolute Gasteiger partial charge is 0.314 e. The normalized spacial score (nSPS) is 20.4. The Labute approximate surface area is 164 Å². The second-order valence-electron chi connectivity index (χ2n) is 7.97. The lowest BCUT2D eigenvalue weighted by Crippen LogP contribution is -2.46. The number of hydrogen-bond acceptors (Lipinski definition) is 2. The van der Waals surface area contributed by atoms with Crippen molar-refractivity contribution in [3.63, 3.8) is 0 Å². The first-order valence-corrected chi connectivity index (χ1v) is 10.2. The maximum absolute atomic E-state index is 12.8. The molecule has 0 aromatic heterocycles. The van der Waals surface area contributed by atoms with Crippen molar-refractivity contribution in [1.29, 1.82) is 0 Å². The number of benzene rings is 2. The van der Waals surface area contributed by atoms with E-state index in [-0.39, 0.29) is 0 Å². The summed E-state index contributed by atoms with van der Waals surface area (Å²) in [6, 6.07) is 14.4. The van der Waals surface area contributed by atoms with Crippen molar-refractivity contribution in [2.45, 2.75) is 37.9 Å². The fourth-order valence-electron chi connectivity index (χ4n) is 4.74. The third-order valence-electron chi connectivity index (χ3n) is 6.19. The van der Waals surface area contributed by atoms with E-state index < -0.39 is 11.7 Å². The van der Waals surface area contributed by atoms with Gasteiger partial charge in [-0.2, -0.15) is 13.2 Å². The maximum Gasteiger partial charge on any atom is 0.416 e. The topological polar surface area (TPSA) is 15.3 Å². The van der Waals surface area contributed by atoms with Crippen LogP contribution in [0.5, 0.6) is 0 Å². The van der Waals surface area contributed by atoms with Gasteiger partial charge in [-0.05, 0) is 47.6 Å². The third kappa shape index (κ3) is 4.26. The van der Waals surface area contributed by atoms with Gasteiger partial charge in [0.15, 0.2) is 0 Å². The minimum Gasteiger partial charge on any atom is -0.314 e. The lowest BCUT2D eigenvalue weighted by Gasteiger charge is -2.38. The largest absolute Gasteiger partial charge is 0.416 e. The van der Waals surface area contributed by atoms with Gasteiger partial charge >= 0.3 is 6.18 Å². The van der Waals surface area contributed by atoms with Crippen molar-refractivity contribution in [2.24, 2.45) is 5.92 Å². The van der Waals surface area contributed by atoms with Gasteiger partial charge in [0.2, 0.25) is 0 Å². The Hall–Kier alpha value is -1.85. The van der Waals surface area contributed by atoms with Crippen LogP contribution in [0.15, 0.2) is 48.5 Å². The zero-order valence-electron chi connectivity index (χ0n) is 16.0. The molecule has 0 spiro atoms. The van der Waals surface area contributed by atoms with E-state index in [1.807, 2.05) is 0 Å². The molecule has 2 aliphatic rings. The van der Waals surface area contributed by atoms with Gasteiger partial charge in [0, 0.05) is 32.2 Å². The van der Waals surface area contributed by atoms with E-state index in [0.717, 1.165) is 49.4 Å². The maximum atomic E-state index is 12.8. The molecule has 1 atom stereocenters. The SMILES string of the molecule is FC(F)(F)c1ccc(-c2ccc([C@H](C3CCCC3)N3CCNCC3)cc2)cc1. The molecule has 2 aromatic carbocycles. The molecule has 0 unspecified atom stereocenters. The molecule has 1 heterocycles. The Morgan fingerprint density at radius 2 is 1.36 bits per heavy atom. The molecule has 0 bridgehead atoms. The molecule has 1 aliphatic carbocycles. The highest BCUT2D eigenvalue weighted by atomic mass is 19.4. The predicted molar refractivity (Wildman–Crippen MR) is 106 cm³/mol. The summed E-state index contributed by atoms with van der Waals surface area (Å²) >= 11 is 0. The van der Waals surface area contributed by atoms with E-state index in [1.165, 1.54) is 31.2 Å². The number of hydrogen-bond donors (Lipinski definition) is 1. The van der Waals surface area contributed by atoms with Crippen LogP contribution in [0, 0.1) is 5.92 Å². The molecule has 0 radical (unpaired) electrons. The van der Waals surface area contributed by atoms with Gasteiger partial charge in [-0.3, -0.25) is 4.90 Å². The molecule has 1 aliphatic heterocycles. The average Bonchev–Trinajstić information content (AvgIpc) is 3.23. The van der Waals surface area contributed by atoms with Gasteiger partial charge in [0.25, 0.3) is 0 Å². The van der Waals surface area contributed by atoms with Gasteiger partial charge in [-0.15, -0.1) is 0 Å². The fraction of sp³-hybridized carbons (Fsp3) is 0.478. The summed E-state index contributed by atoms with van der Waals surface area (Å²) < 4.78 is 38.3. The van der Waals surface area contributed by atoms with Crippen molar-refractivity contribution in [3.8, 4) is 11.1 Å². The molecule has 5 heteroatoms. The van der Waals surface area contributed by atoms with Gasteiger partial charge < -0.3 is 5.32 Å². The molecule has 2 nitrogen and oxygen atoms in total. The molecule has 0 amide bonds. The van der Waals surface area contributed by atoms with Crippen LogP contribution in [-0.4, -0.2) is 31.1 Å². The Morgan fingerprint density at radius 3 is 1.89 bits per heavy atom. The van der Waals surface area contributed by atoms with Gasteiger partial charge in [0.05, 0.1) is 5.56 Å². The zero-order valence-corrected chi connectivity index (χ0v) is 16.0. The summed E-state index contributed by atoms with van der Waals surface area (Å²) in [4.78, 5) is 2.61. The highest BCUT2D eigenvalue weighted by Crippen LogP contribution is 2.40. The van der Waals surface area contributed by atoms with E-state index >= 15 is 0 Å². The number of nitrogens with one attached hydrogen (secondary N) is 1. The number of nitrogens with zero attached hydrogens (tertiary/aromatic N) is 1. The predicted octanol–water partition coefficient (Wildman–Crippen LogP) is 5.51. The van der Waals surface area contributed by atoms with Crippen molar-refractivity contribution in [1.82, 2.24) is 10.2 Å². The molecule has 28 heavy (non-hydrogen) atoms. The Bertz CT molecular complexity index is 756. The monoisotopic (exact) mass is 388 g/mol. The first-order valence-electron chi connectivity index (χ1n) is 10.2. The summed E-state index contributed by atoms with van der Waals surface area (Å²) in [7, 11) is 0. The molecular formula is C23H27F3N2. The van der Waals surface area contributed by atoms with Crippen LogP contribution >= 0.6 is 0 Å². The summed E-state index contributed by atoms with van der Waals surface area (Å²) in [6.07, 6.45) is 0.915. The lowest BCUT2D eigenvalue weighted by atomic mass is 9.89. The molecular weight excluding hydrogens is 361 g/mol. The van der Waals surface area contributed by atoms with E-state index in [0.29, 0.717) is 12.0 Å². The van der Waals surface area contributed by atoms with Gasteiger partial charge in [0.1, 0.15) is 0 Å². The summed E-state index contributed by atoms with van der Waals surface area (Å²) in [5.74, 6) is 0.704. The van der Waals surface area contributed by atoms with Crippen LogP contribution in [-0.2, 0) is 6.18 Å². The van der Waals surface area contributed by atoms with Crippen LogP contribution in [0.25, 0.3) is 11.1 Å². The summed E-state index contributed by atoms with van der Waals surface area (Å²) in [5.41, 5.74) is 2.51. The van der Waals surface area contributed by atoms with Crippen molar-refractivity contribution >= 4 is 0 Å². The Balaban J connectivity index is 1.56. The van der Waals surface area contributed by atoms with Crippen molar-refractivity contribution < 1.29 is 13.2 Å². The standard InChI is InChI=1S/C23H27F3N2/c24-23(25,26)21-11-9-18(10-12-21)17-5-7-20(8-6-17)22(19-3-1-2-4-19)28-15-13-27-14-16-28/h5-12,19,22,27H,1-4,13-16H2/t22-/m0/s1. The number of rotatable bonds is 4. The zero-order chi connectivity index (χ0) is 19.6. The summed E-state index contributed by atoms with van der Waals surface area (Å²) in [5, 5.41) is 3.44. The van der Waals surface area contributed by atoms with E-state index in [9.17, 15) is 13.2 Å². The second kappa shape index (κ2) is 8.26. The second-order valence-corrected chi connectivity index (χ2v) is 7.97. The molecule has 1 N–H and O–H groups in total. The number of halogens is 3. The first kappa shape index (κ1) is 19.5. The van der Waals surface area contributed by atoms with Crippen molar-refractivity contribution in [2.75, 3.05) is 26.2 Å². The van der Waals surface area contributed by atoms with Crippen LogP contribution in [0.3, 0.4) is 0 Å². The number of alkyl halides is 3. The fourth-order valence-corrected chi connectivity index (χ4v) is 4.74. The van der Waals surface area contributed by atoms with Crippen molar-refractivity contribution in [3.05, 3.63) is 59.7 Å². The lowest BCUT2D eigenvalue weighted by molar-refractivity contribution is -0.137. The number of piperazine rings is 1. The van der Waals surface area contributed by atoms with E-state index in [1.54, 1.807) is 12.1 Å². The van der Waals surface area contributed by atoms with Gasteiger partial charge in [-0.25, -0.2) is 0 Å². The molecule has 2 fully saturated rings. The summed E-state index contributed by atoms with van der Waals surface area (Å²) in [6.45, 7) is 4.21. The Kier molecular flexibility index (Phi) is 5.74. The quantitative estimate of drug-likeness (QED) is 0.743. The average molecular weight is 388 g/mol. The Morgan fingerprint density at radius 1 is 0.821 bits per heavy atom. The van der Waals surface area contributed by atoms with Crippen LogP contribution in [0.4, 0.5) is 13.2 Å². The minimum absolute atomic E-state index is 0.450.